The molecule has 3 aliphatic carbocycles. The highest BCUT2D eigenvalue weighted by Gasteiger charge is 2.57. The second-order valence-corrected chi connectivity index (χ2v) is 9.40. The van der Waals surface area contributed by atoms with Crippen molar-refractivity contribution in [2.75, 3.05) is 10.6 Å². The van der Waals surface area contributed by atoms with Gasteiger partial charge >= 0.3 is 0 Å². The third-order valence-corrected chi connectivity index (χ3v) is 6.43. The molecule has 6 rings (SSSR count). The van der Waals surface area contributed by atoms with E-state index in [-0.39, 0.29) is 41.1 Å². The van der Waals surface area contributed by atoms with E-state index in [1.54, 1.807) is 18.3 Å². The molecule has 0 spiro atoms. The minimum atomic E-state index is -1.06. The zero-order valence-electron chi connectivity index (χ0n) is 18.7. The molecule has 0 aliphatic heterocycles. The molecule has 0 saturated heterocycles. The Balaban J connectivity index is 1.12. The number of hydrogen-bond donors (Lipinski definition) is 3. The fourth-order valence-corrected chi connectivity index (χ4v) is 3.81. The van der Waals surface area contributed by atoms with Gasteiger partial charge in [-0.25, -0.2) is 13.9 Å². The number of carbonyl (C=O) groups is 3. The summed E-state index contributed by atoms with van der Waals surface area (Å²) in [7, 11) is 0. The lowest BCUT2D eigenvalue weighted by atomic mass is 10.0. The summed E-state index contributed by atoms with van der Waals surface area (Å²) in [6, 6.07) is 7.39. The molecule has 3 saturated carbocycles. The molecule has 0 unspecified atom stereocenters. The number of carbonyl (C=O) groups excluding carboxylic acids is 3. The lowest BCUT2D eigenvalue weighted by Crippen LogP contribution is -2.40. The van der Waals surface area contributed by atoms with E-state index in [4.69, 9.17) is 4.74 Å². The van der Waals surface area contributed by atoms with Crippen LogP contribution < -0.4 is 20.7 Å². The van der Waals surface area contributed by atoms with Crippen LogP contribution in [0.25, 0.3) is 5.65 Å². The molecule has 0 bridgehead atoms. The number of aromatic nitrogens is 3. The molecule has 1 aromatic carbocycles. The quantitative estimate of drug-likeness (QED) is 0.427. The normalized spacial score (nSPS) is 18.1. The number of rotatable bonds is 8. The molecule has 3 fully saturated rings. The monoisotopic (exact) mass is 478 g/mol. The fourth-order valence-electron chi connectivity index (χ4n) is 3.81. The van der Waals surface area contributed by atoms with Crippen LogP contribution in [-0.4, -0.2) is 38.4 Å². The third-order valence-electron chi connectivity index (χ3n) is 6.43. The summed E-state index contributed by atoms with van der Waals surface area (Å²) in [4.78, 5) is 41.3. The first-order chi connectivity index (χ1) is 16.9. The molecule has 35 heavy (non-hydrogen) atoms. The number of anilines is 2. The number of fused-ring (bicyclic) bond motifs is 1. The van der Waals surface area contributed by atoms with Gasteiger partial charge in [-0.1, -0.05) is 0 Å². The van der Waals surface area contributed by atoms with Crippen molar-refractivity contribution in [3.05, 3.63) is 42.3 Å². The van der Waals surface area contributed by atoms with Crippen molar-refractivity contribution in [2.45, 2.75) is 44.6 Å². The Bertz CT molecular complexity index is 1360. The van der Waals surface area contributed by atoms with Gasteiger partial charge in [-0.2, -0.15) is 0 Å². The second kappa shape index (κ2) is 8.03. The molecular weight excluding hydrogens is 455 g/mol. The number of nitrogens with zero attached hydrogens (tertiary/aromatic N) is 3. The van der Waals surface area contributed by atoms with Crippen LogP contribution in [0.5, 0.6) is 11.6 Å². The molecule has 3 N–H and O–H groups in total. The number of halogens is 1. The average molecular weight is 478 g/mol. The van der Waals surface area contributed by atoms with E-state index < -0.39 is 17.1 Å². The first-order valence-electron chi connectivity index (χ1n) is 11.7. The molecular formula is C24H23FN6O4. The van der Waals surface area contributed by atoms with Crippen LogP contribution in [0, 0.1) is 17.2 Å². The molecule has 10 nitrogen and oxygen atoms in total. The van der Waals surface area contributed by atoms with Crippen LogP contribution in [0.15, 0.2) is 36.5 Å². The molecule has 3 aromatic rings. The highest BCUT2D eigenvalue weighted by Crippen LogP contribution is 2.47. The molecule has 2 heterocycles. The Kier molecular flexibility index (Phi) is 4.94. The molecule has 3 amide bonds. The van der Waals surface area contributed by atoms with E-state index in [0.717, 1.165) is 31.7 Å². The summed E-state index contributed by atoms with van der Waals surface area (Å²) in [6.45, 7) is 0. The van der Waals surface area contributed by atoms with E-state index in [2.05, 4.69) is 26.0 Å². The topological polar surface area (TPSA) is 127 Å². The molecule has 180 valence electrons. The van der Waals surface area contributed by atoms with Gasteiger partial charge in [-0.15, -0.1) is 5.10 Å². The van der Waals surface area contributed by atoms with Crippen LogP contribution in [0.2, 0.25) is 0 Å². The second-order valence-electron chi connectivity index (χ2n) is 9.40. The highest BCUT2D eigenvalue weighted by atomic mass is 19.1. The van der Waals surface area contributed by atoms with Crippen LogP contribution in [0.3, 0.4) is 0 Å². The van der Waals surface area contributed by atoms with Crippen molar-refractivity contribution in [3.8, 4) is 11.6 Å². The van der Waals surface area contributed by atoms with E-state index in [1.165, 1.54) is 16.6 Å². The summed E-state index contributed by atoms with van der Waals surface area (Å²) >= 11 is 0. The Hall–Kier alpha value is -4.02. The number of benzene rings is 1. The minimum Gasteiger partial charge on any atom is -0.434 e. The first kappa shape index (κ1) is 21.5. The number of imidazole rings is 1. The van der Waals surface area contributed by atoms with Crippen LogP contribution in [0.1, 0.15) is 38.5 Å². The number of amides is 3. The summed E-state index contributed by atoms with van der Waals surface area (Å²) in [5.74, 6) is -0.955. The maximum absolute atomic E-state index is 14.7. The number of hydrogen-bond acceptors (Lipinski definition) is 6. The lowest BCUT2D eigenvalue weighted by molar-refractivity contribution is -0.134. The van der Waals surface area contributed by atoms with Crippen LogP contribution in [-0.2, 0) is 14.4 Å². The van der Waals surface area contributed by atoms with Gasteiger partial charge in [-0.3, -0.25) is 14.4 Å². The van der Waals surface area contributed by atoms with Crippen molar-refractivity contribution in [1.82, 2.24) is 19.9 Å². The average Bonchev–Trinajstić information content (AvgIpc) is 3.68. The van der Waals surface area contributed by atoms with Gasteiger partial charge in [-0.05, 0) is 56.7 Å². The maximum atomic E-state index is 14.7. The Morgan fingerprint density at radius 3 is 2.51 bits per heavy atom. The maximum Gasteiger partial charge on any atom is 0.240 e. The summed E-state index contributed by atoms with van der Waals surface area (Å²) < 4.78 is 21.8. The Morgan fingerprint density at radius 2 is 1.83 bits per heavy atom. The van der Waals surface area contributed by atoms with Gasteiger partial charge in [0.25, 0.3) is 0 Å². The number of ether oxygens (including phenoxy) is 1. The summed E-state index contributed by atoms with van der Waals surface area (Å²) in [5.41, 5.74) is -0.323. The van der Waals surface area contributed by atoms with Crippen molar-refractivity contribution < 1.29 is 23.5 Å². The van der Waals surface area contributed by atoms with Crippen molar-refractivity contribution in [2.24, 2.45) is 11.3 Å². The standard InChI is InChI=1S/C24H23FN6O4/c25-16-11-15(27-23(34)24(9-10-24)22(33)26-14-3-4-14)5-6-17(16)35-20-8-7-19-28-18(12-31(19)30-20)29-21(32)13-1-2-13/h5-8,11-14H,1-4,9-10H2,(H,26,33)(H,27,34)(H,29,32). The van der Waals surface area contributed by atoms with Gasteiger partial charge in [0.15, 0.2) is 23.0 Å². The van der Waals surface area contributed by atoms with E-state index in [0.29, 0.717) is 24.3 Å². The van der Waals surface area contributed by atoms with Gasteiger partial charge in [0, 0.05) is 29.8 Å². The van der Waals surface area contributed by atoms with Crippen molar-refractivity contribution >= 4 is 34.9 Å². The lowest BCUT2D eigenvalue weighted by Gasteiger charge is -2.15. The SMILES string of the molecule is O=C(Nc1cn2nc(Oc3ccc(NC(=O)C4(C(=O)NC5CC5)CC4)cc3F)ccc2n1)C1CC1. The molecule has 11 heteroatoms. The van der Waals surface area contributed by atoms with Crippen molar-refractivity contribution in [1.29, 1.82) is 0 Å². The largest absolute Gasteiger partial charge is 0.434 e. The smallest absolute Gasteiger partial charge is 0.240 e. The highest BCUT2D eigenvalue weighted by molar-refractivity contribution is 6.13. The predicted octanol–water partition coefficient (Wildman–Crippen LogP) is 3.01. The molecule has 3 aliphatic rings. The zero-order chi connectivity index (χ0) is 24.2. The summed E-state index contributed by atoms with van der Waals surface area (Å²) in [5, 5.41) is 12.5. The minimum absolute atomic E-state index is 0.0529. The van der Waals surface area contributed by atoms with E-state index in [9.17, 15) is 18.8 Å². The Morgan fingerprint density at radius 1 is 1.03 bits per heavy atom. The van der Waals surface area contributed by atoms with E-state index in [1.807, 2.05) is 0 Å². The van der Waals surface area contributed by atoms with Crippen molar-refractivity contribution in [3.63, 3.8) is 0 Å². The predicted molar refractivity (Wildman–Crippen MR) is 122 cm³/mol. The molecule has 2 aromatic heterocycles. The molecule has 0 atom stereocenters. The van der Waals surface area contributed by atoms with E-state index >= 15 is 0 Å². The van der Waals surface area contributed by atoms with Gasteiger partial charge in [0.05, 0.1) is 6.20 Å². The van der Waals surface area contributed by atoms with Gasteiger partial charge in [0.1, 0.15) is 5.41 Å². The molecule has 0 radical (unpaired) electrons. The van der Waals surface area contributed by atoms with Gasteiger partial charge < -0.3 is 20.7 Å². The Labute approximate surface area is 199 Å². The van der Waals surface area contributed by atoms with Crippen LogP contribution in [0.4, 0.5) is 15.9 Å². The fraction of sp³-hybridized carbons (Fsp3) is 0.375. The first-order valence-corrected chi connectivity index (χ1v) is 11.7. The van der Waals surface area contributed by atoms with Crippen LogP contribution >= 0.6 is 0 Å². The van der Waals surface area contributed by atoms with Gasteiger partial charge in [0.2, 0.25) is 23.6 Å². The summed E-state index contributed by atoms with van der Waals surface area (Å²) in [6.07, 6.45) is 6.18. The third kappa shape index (κ3) is 4.41. The zero-order valence-corrected chi connectivity index (χ0v) is 18.7. The number of nitrogens with one attached hydrogen (secondary N) is 3.